The number of hydrogen-bond donors (Lipinski definition) is 0. The lowest BCUT2D eigenvalue weighted by Gasteiger charge is -2.11. The first-order valence-electron chi connectivity index (χ1n) is 7.82. The van der Waals surface area contributed by atoms with Crippen molar-refractivity contribution in [3.63, 3.8) is 0 Å². The lowest BCUT2D eigenvalue weighted by molar-refractivity contribution is 0.444. The van der Waals surface area contributed by atoms with E-state index in [2.05, 4.69) is 33.8 Å². The maximum Gasteiger partial charge on any atom is -0.0323 e. The highest BCUT2D eigenvalue weighted by molar-refractivity contribution is 4.94. The van der Waals surface area contributed by atoms with Gasteiger partial charge < -0.3 is 0 Å². The van der Waals surface area contributed by atoms with Gasteiger partial charge in [0.05, 0.1) is 0 Å². The third-order valence-electron chi connectivity index (χ3n) is 3.81. The fraction of sp³-hybridized carbons (Fsp3) is 0.882. The van der Waals surface area contributed by atoms with Crippen molar-refractivity contribution >= 4 is 0 Å². The van der Waals surface area contributed by atoms with Gasteiger partial charge in [0.15, 0.2) is 0 Å². The van der Waals surface area contributed by atoms with Crippen molar-refractivity contribution in [3.8, 4) is 0 Å². The minimum Gasteiger partial charge on any atom is -0.0887 e. The van der Waals surface area contributed by atoms with E-state index in [1.807, 2.05) is 0 Å². The van der Waals surface area contributed by atoms with Crippen LogP contribution in [-0.2, 0) is 0 Å². The van der Waals surface area contributed by atoms with Crippen LogP contribution in [0.4, 0.5) is 0 Å². The summed E-state index contributed by atoms with van der Waals surface area (Å²) in [6.45, 7) is 9.11. The van der Waals surface area contributed by atoms with Crippen LogP contribution in [0.5, 0.6) is 0 Å². The highest BCUT2D eigenvalue weighted by Crippen LogP contribution is 2.18. The smallest absolute Gasteiger partial charge is 0.0323 e. The fourth-order valence-electron chi connectivity index (χ4n) is 2.29. The maximum absolute atomic E-state index is 2.43. The molecule has 0 aliphatic rings. The van der Waals surface area contributed by atoms with Crippen molar-refractivity contribution < 1.29 is 0 Å². The van der Waals surface area contributed by atoms with Gasteiger partial charge in [0, 0.05) is 0 Å². The normalized spacial score (nSPS) is 14.0. The summed E-state index contributed by atoms with van der Waals surface area (Å²) in [5, 5.41) is 0. The first kappa shape index (κ1) is 16.7. The standard InChI is InChI=1S/C17H34/c1-5-7-8-9-10-11-13-17(4)15-12-14-16(3)6-2/h6,17H,5,7-15H2,1-4H3/b16-6+. The summed E-state index contributed by atoms with van der Waals surface area (Å²) in [6.07, 6.45) is 16.4. The van der Waals surface area contributed by atoms with Crippen LogP contribution < -0.4 is 0 Å². The van der Waals surface area contributed by atoms with Crippen molar-refractivity contribution in [3.05, 3.63) is 11.6 Å². The molecule has 0 saturated heterocycles. The molecule has 0 aromatic carbocycles. The quantitative estimate of drug-likeness (QED) is 0.284. The second-order valence-corrected chi connectivity index (χ2v) is 5.69. The molecule has 0 radical (unpaired) electrons. The average molecular weight is 238 g/mol. The molecule has 1 unspecified atom stereocenters. The van der Waals surface area contributed by atoms with Gasteiger partial charge in [0.2, 0.25) is 0 Å². The minimum atomic E-state index is 0.936. The summed E-state index contributed by atoms with van der Waals surface area (Å²) < 4.78 is 0. The van der Waals surface area contributed by atoms with Crippen LogP contribution in [0.2, 0.25) is 0 Å². The SMILES string of the molecule is C/C=C(\C)CCCC(C)CCCCCCCC. The summed E-state index contributed by atoms with van der Waals surface area (Å²) >= 11 is 0. The van der Waals surface area contributed by atoms with E-state index in [1.54, 1.807) is 5.57 Å². The molecule has 0 heteroatoms. The molecule has 0 saturated carbocycles. The zero-order valence-electron chi connectivity index (χ0n) is 12.7. The predicted molar refractivity (Wildman–Crippen MR) is 80.4 cm³/mol. The number of allylic oxidation sites excluding steroid dienone is 2. The number of rotatable bonds is 11. The Balaban J connectivity index is 3.26. The Morgan fingerprint density at radius 2 is 1.53 bits per heavy atom. The van der Waals surface area contributed by atoms with Gasteiger partial charge in [-0.25, -0.2) is 0 Å². The Morgan fingerprint density at radius 1 is 0.941 bits per heavy atom. The second kappa shape index (κ2) is 12.2. The van der Waals surface area contributed by atoms with Gasteiger partial charge in [0.1, 0.15) is 0 Å². The monoisotopic (exact) mass is 238 g/mol. The van der Waals surface area contributed by atoms with Gasteiger partial charge >= 0.3 is 0 Å². The van der Waals surface area contributed by atoms with Crippen LogP contribution in [0.3, 0.4) is 0 Å². The zero-order valence-corrected chi connectivity index (χ0v) is 12.7. The van der Waals surface area contributed by atoms with Crippen LogP contribution in [0.1, 0.15) is 91.9 Å². The summed E-state index contributed by atoms with van der Waals surface area (Å²) in [7, 11) is 0. The van der Waals surface area contributed by atoms with Crippen molar-refractivity contribution in [2.45, 2.75) is 91.9 Å². The highest BCUT2D eigenvalue weighted by Gasteiger charge is 2.02. The van der Waals surface area contributed by atoms with Crippen LogP contribution >= 0.6 is 0 Å². The Labute approximate surface area is 110 Å². The van der Waals surface area contributed by atoms with Crippen molar-refractivity contribution in [2.75, 3.05) is 0 Å². The maximum atomic E-state index is 2.43. The molecule has 0 aliphatic heterocycles. The average Bonchev–Trinajstić information content (AvgIpc) is 2.33. The third kappa shape index (κ3) is 12.0. The second-order valence-electron chi connectivity index (χ2n) is 5.69. The molecule has 102 valence electrons. The molecule has 0 fully saturated rings. The van der Waals surface area contributed by atoms with E-state index >= 15 is 0 Å². The van der Waals surface area contributed by atoms with E-state index in [1.165, 1.54) is 64.2 Å². The summed E-state index contributed by atoms with van der Waals surface area (Å²) in [5.41, 5.74) is 1.55. The molecule has 0 nitrogen and oxygen atoms in total. The van der Waals surface area contributed by atoms with Crippen molar-refractivity contribution in [1.82, 2.24) is 0 Å². The number of unbranched alkanes of at least 4 members (excludes halogenated alkanes) is 5. The van der Waals surface area contributed by atoms with Gasteiger partial charge in [0.25, 0.3) is 0 Å². The highest BCUT2D eigenvalue weighted by atomic mass is 14.1. The van der Waals surface area contributed by atoms with Crippen molar-refractivity contribution in [1.29, 1.82) is 0 Å². The molecule has 17 heavy (non-hydrogen) atoms. The van der Waals surface area contributed by atoms with E-state index in [9.17, 15) is 0 Å². The largest absolute Gasteiger partial charge is 0.0887 e. The van der Waals surface area contributed by atoms with Gasteiger partial charge in [-0.2, -0.15) is 0 Å². The predicted octanol–water partition coefficient (Wildman–Crippen LogP) is 6.51. The molecule has 0 N–H and O–H groups in total. The summed E-state index contributed by atoms with van der Waals surface area (Å²) in [4.78, 5) is 0. The van der Waals surface area contributed by atoms with Crippen LogP contribution in [0, 0.1) is 5.92 Å². The molecule has 0 aromatic heterocycles. The van der Waals surface area contributed by atoms with Gasteiger partial charge in [-0.05, 0) is 32.6 Å². The Hall–Kier alpha value is -0.260. The molecule has 0 spiro atoms. The Morgan fingerprint density at radius 3 is 2.18 bits per heavy atom. The van der Waals surface area contributed by atoms with Crippen LogP contribution in [0.25, 0.3) is 0 Å². The van der Waals surface area contributed by atoms with E-state index in [-0.39, 0.29) is 0 Å². The zero-order chi connectivity index (χ0) is 12.9. The van der Waals surface area contributed by atoms with Crippen LogP contribution in [-0.4, -0.2) is 0 Å². The molecule has 0 heterocycles. The molecular weight excluding hydrogens is 204 g/mol. The lowest BCUT2D eigenvalue weighted by Crippen LogP contribution is -1.95. The molecule has 0 aliphatic carbocycles. The summed E-state index contributed by atoms with van der Waals surface area (Å²) in [5.74, 6) is 0.936. The first-order chi connectivity index (χ1) is 8.20. The Kier molecular flexibility index (Phi) is 12.0. The van der Waals surface area contributed by atoms with Crippen molar-refractivity contribution in [2.24, 2.45) is 5.92 Å². The van der Waals surface area contributed by atoms with E-state index < -0.39 is 0 Å². The lowest BCUT2D eigenvalue weighted by atomic mass is 9.95. The molecule has 0 bridgehead atoms. The molecule has 1 atom stereocenters. The molecule has 0 amide bonds. The van der Waals surface area contributed by atoms with E-state index in [0.717, 1.165) is 5.92 Å². The first-order valence-corrected chi connectivity index (χ1v) is 7.82. The Bertz CT molecular complexity index is 178. The molecular formula is C17H34. The number of hydrogen-bond acceptors (Lipinski definition) is 0. The molecule has 0 aromatic rings. The fourth-order valence-corrected chi connectivity index (χ4v) is 2.29. The van der Waals surface area contributed by atoms with Gasteiger partial charge in [-0.3, -0.25) is 0 Å². The van der Waals surface area contributed by atoms with E-state index in [0.29, 0.717) is 0 Å². The third-order valence-corrected chi connectivity index (χ3v) is 3.81. The van der Waals surface area contributed by atoms with Gasteiger partial charge in [-0.15, -0.1) is 0 Å². The van der Waals surface area contributed by atoms with Gasteiger partial charge in [-0.1, -0.05) is 76.9 Å². The molecule has 0 rings (SSSR count). The van der Waals surface area contributed by atoms with E-state index in [4.69, 9.17) is 0 Å². The summed E-state index contributed by atoms with van der Waals surface area (Å²) in [6, 6.07) is 0. The minimum absolute atomic E-state index is 0.936. The topological polar surface area (TPSA) is 0 Å². The van der Waals surface area contributed by atoms with Crippen LogP contribution in [0.15, 0.2) is 11.6 Å².